The molecule has 0 radical (unpaired) electrons. The zero-order valence-corrected chi connectivity index (χ0v) is 9.36. The van der Waals surface area contributed by atoms with Crippen LogP contribution < -0.4 is 4.98 Å². The fraction of sp³-hybridized carbons (Fsp3) is 0.400. The van der Waals surface area contributed by atoms with E-state index < -0.39 is 0 Å². The molecule has 0 aromatic carbocycles. The lowest BCUT2D eigenvalue weighted by Gasteiger charge is -2.02. The second kappa shape index (κ2) is 4.99. The molecule has 1 heterocycles. The third kappa shape index (κ3) is 2.25. The van der Waals surface area contributed by atoms with Crippen molar-refractivity contribution >= 4 is 11.8 Å². The van der Waals surface area contributed by atoms with Crippen LogP contribution in [-0.4, -0.2) is 13.4 Å². The van der Waals surface area contributed by atoms with Gasteiger partial charge in [-0.2, -0.15) is 5.26 Å². The van der Waals surface area contributed by atoms with Crippen LogP contribution in [0.15, 0.2) is 11.1 Å². The van der Waals surface area contributed by atoms with E-state index in [0.717, 1.165) is 16.3 Å². The Labute approximate surface area is 88.1 Å². The quantitative estimate of drug-likeness (QED) is 0.710. The van der Waals surface area contributed by atoms with E-state index in [9.17, 15) is 0 Å². The average Bonchev–Trinajstić information content (AvgIpc) is 2.17. The minimum atomic E-state index is 0.478. The summed E-state index contributed by atoms with van der Waals surface area (Å²) in [6.07, 6.45) is 1.95. The topological polar surface area (TPSA) is 47.2 Å². The minimum Gasteiger partial charge on any atom is -0.380 e. The summed E-state index contributed by atoms with van der Waals surface area (Å²) in [6.45, 7) is 2.45. The molecule has 1 aromatic heterocycles. The van der Waals surface area contributed by atoms with Crippen LogP contribution in [0, 0.1) is 18.3 Å². The summed E-state index contributed by atoms with van der Waals surface area (Å²) < 4.78 is 5.05. The van der Waals surface area contributed by atoms with Crippen LogP contribution in [0.25, 0.3) is 0 Å². The van der Waals surface area contributed by atoms with Gasteiger partial charge in [-0.1, -0.05) is 11.8 Å². The van der Waals surface area contributed by atoms with E-state index in [4.69, 9.17) is 10.00 Å². The molecule has 0 fully saturated rings. The summed E-state index contributed by atoms with van der Waals surface area (Å²) in [5, 5.41) is 9.91. The zero-order chi connectivity index (χ0) is 10.6. The molecule has 0 atom stereocenters. The number of thioether (sulfide) groups is 1. The third-order valence-corrected chi connectivity index (χ3v) is 2.58. The lowest BCUT2D eigenvalue weighted by atomic mass is 10.1. The van der Waals surface area contributed by atoms with Gasteiger partial charge in [0.25, 0.3) is 5.03 Å². The number of rotatable bonds is 3. The number of aromatic amines is 1. The van der Waals surface area contributed by atoms with Crippen molar-refractivity contribution in [3.05, 3.63) is 22.9 Å². The van der Waals surface area contributed by atoms with E-state index in [-0.39, 0.29) is 0 Å². The standard InChI is InChI=1S/C10H12N2OS/c1-7-4-8(6-13-2)9(5-11)10(12-7)14-3/h4H,6H2,1-3H3/p+1. The van der Waals surface area contributed by atoms with Crippen LogP contribution >= 0.6 is 11.8 Å². The van der Waals surface area contributed by atoms with Crippen LogP contribution in [-0.2, 0) is 11.3 Å². The summed E-state index contributed by atoms with van der Waals surface area (Å²) in [5.74, 6) is 0. The Hall–Kier alpha value is -1.05. The van der Waals surface area contributed by atoms with Gasteiger partial charge in [0.05, 0.1) is 6.61 Å². The molecule has 0 spiro atoms. The molecule has 0 saturated heterocycles. The number of hydrogen-bond donors (Lipinski definition) is 0. The highest BCUT2D eigenvalue weighted by molar-refractivity contribution is 7.98. The van der Waals surface area contributed by atoms with Crippen molar-refractivity contribution < 1.29 is 9.72 Å². The minimum absolute atomic E-state index is 0.478. The van der Waals surface area contributed by atoms with E-state index in [0.29, 0.717) is 12.2 Å². The van der Waals surface area contributed by atoms with Crippen molar-refractivity contribution in [2.45, 2.75) is 18.6 Å². The van der Waals surface area contributed by atoms with Gasteiger partial charge in [0.1, 0.15) is 11.6 Å². The van der Waals surface area contributed by atoms with Crippen molar-refractivity contribution in [1.82, 2.24) is 0 Å². The first-order valence-corrected chi connectivity index (χ1v) is 5.44. The molecular weight excluding hydrogens is 196 g/mol. The molecule has 0 unspecified atom stereocenters. The number of nitriles is 1. The third-order valence-electron chi connectivity index (χ3n) is 1.87. The maximum absolute atomic E-state index is 9.01. The number of methoxy groups -OCH3 is 1. The van der Waals surface area contributed by atoms with Gasteiger partial charge in [-0.15, -0.1) is 0 Å². The molecule has 4 heteroatoms. The second-order valence-corrected chi connectivity index (χ2v) is 3.75. The van der Waals surface area contributed by atoms with Crippen molar-refractivity contribution in [3.8, 4) is 6.07 Å². The van der Waals surface area contributed by atoms with Gasteiger partial charge in [0.2, 0.25) is 0 Å². The summed E-state index contributed by atoms with van der Waals surface area (Å²) in [7, 11) is 1.63. The van der Waals surface area contributed by atoms with Crippen LogP contribution in [0.3, 0.4) is 0 Å². The van der Waals surface area contributed by atoms with Gasteiger partial charge in [-0.3, -0.25) is 0 Å². The first kappa shape index (κ1) is 11.0. The highest BCUT2D eigenvalue weighted by atomic mass is 32.2. The van der Waals surface area contributed by atoms with E-state index in [1.54, 1.807) is 18.9 Å². The molecule has 0 aliphatic heterocycles. The van der Waals surface area contributed by atoms with Crippen LogP contribution in [0.2, 0.25) is 0 Å². The van der Waals surface area contributed by atoms with Gasteiger partial charge in [0, 0.05) is 25.7 Å². The number of nitrogens with zero attached hydrogens (tertiary/aromatic N) is 1. The highest BCUT2D eigenvalue weighted by Crippen LogP contribution is 2.19. The molecule has 1 rings (SSSR count). The number of pyridine rings is 1. The van der Waals surface area contributed by atoms with E-state index in [1.165, 1.54) is 0 Å². The van der Waals surface area contributed by atoms with Crippen LogP contribution in [0.1, 0.15) is 16.8 Å². The molecule has 0 bridgehead atoms. The number of nitrogens with one attached hydrogen (secondary N) is 1. The number of aromatic nitrogens is 1. The Morgan fingerprint density at radius 3 is 2.86 bits per heavy atom. The molecule has 0 saturated carbocycles. The predicted octanol–water partition coefficient (Wildman–Crippen LogP) is 1.55. The summed E-state index contributed by atoms with van der Waals surface area (Å²) in [5.41, 5.74) is 2.67. The van der Waals surface area contributed by atoms with Gasteiger partial charge in [-0.25, -0.2) is 4.98 Å². The molecule has 0 aliphatic rings. The summed E-state index contributed by atoms with van der Waals surface area (Å²) in [4.78, 5) is 3.16. The van der Waals surface area contributed by atoms with Crippen molar-refractivity contribution in [2.75, 3.05) is 13.4 Å². The average molecular weight is 209 g/mol. The number of H-pyrrole nitrogens is 1. The predicted molar refractivity (Wildman–Crippen MR) is 54.9 cm³/mol. The number of hydrogen-bond acceptors (Lipinski definition) is 3. The Kier molecular flexibility index (Phi) is 3.93. The molecule has 14 heavy (non-hydrogen) atoms. The first-order chi connectivity index (χ1) is 6.72. The molecule has 3 nitrogen and oxygen atoms in total. The van der Waals surface area contributed by atoms with Crippen LogP contribution in [0.4, 0.5) is 0 Å². The molecule has 74 valence electrons. The summed E-state index contributed by atoms with van der Waals surface area (Å²) >= 11 is 1.54. The highest BCUT2D eigenvalue weighted by Gasteiger charge is 2.15. The van der Waals surface area contributed by atoms with Crippen LogP contribution in [0.5, 0.6) is 0 Å². The number of ether oxygens (including phenoxy) is 1. The molecule has 0 aliphatic carbocycles. The Balaban J connectivity index is 3.26. The largest absolute Gasteiger partial charge is 0.380 e. The lowest BCUT2D eigenvalue weighted by Crippen LogP contribution is -2.15. The molecule has 1 N–H and O–H groups in total. The van der Waals surface area contributed by atoms with E-state index in [1.807, 2.05) is 19.2 Å². The fourth-order valence-electron chi connectivity index (χ4n) is 1.30. The van der Waals surface area contributed by atoms with Gasteiger partial charge in [-0.05, 0) is 6.26 Å². The Bertz CT molecular complexity index is 371. The van der Waals surface area contributed by atoms with Crippen molar-refractivity contribution in [2.24, 2.45) is 0 Å². The first-order valence-electron chi connectivity index (χ1n) is 4.21. The monoisotopic (exact) mass is 209 g/mol. The fourth-order valence-corrected chi connectivity index (χ4v) is 1.95. The normalized spacial score (nSPS) is 9.86. The molecule has 1 aromatic rings. The SMILES string of the molecule is COCc1cc(C)[nH+]c(SC)c1C#N. The molecular formula is C10H13N2OS+. The maximum atomic E-state index is 9.01. The van der Waals surface area contributed by atoms with Gasteiger partial charge >= 0.3 is 0 Å². The maximum Gasteiger partial charge on any atom is 0.256 e. The zero-order valence-electron chi connectivity index (χ0n) is 8.55. The van der Waals surface area contributed by atoms with Gasteiger partial charge in [0.15, 0.2) is 5.69 Å². The Morgan fingerprint density at radius 2 is 2.36 bits per heavy atom. The summed E-state index contributed by atoms with van der Waals surface area (Å²) in [6, 6.07) is 4.14. The van der Waals surface area contributed by atoms with E-state index in [2.05, 4.69) is 11.1 Å². The molecule has 0 amide bonds. The lowest BCUT2D eigenvalue weighted by molar-refractivity contribution is -0.435. The smallest absolute Gasteiger partial charge is 0.256 e. The van der Waals surface area contributed by atoms with E-state index >= 15 is 0 Å². The van der Waals surface area contributed by atoms with Gasteiger partial charge < -0.3 is 4.74 Å². The van der Waals surface area contributed by atoms with Crippen molar-refractivity contribution in [1.29, 1.82) is 5.26 Å². The second-order valence-electron chi connectivity index (χ2n) is 2.93. The van der Waals surface area contributed by atoms with Crippen molar-refractivity contribution in [3.63, 3.8) is 0 Å². The Morgan fingerprint density at radius 1 is 1.64 bits per heavy atom. The number of aryl methyl sites for hydroxylation is 1.